The highest BCUT2D eigenvalue weighted by atomic mass is 127. The SMILES string of the molecule is CN=C(NCc1ccc(OC)c(NC(C)=O)c1)NC(C)(C)C.I. The Kier molecular flexibility index (Phi) is 8.96. The zero-order valence-electron chi connectivity index (χ0n) is 14.6. The van der Waals surface area contributed by atoms with Gasteiger partial charge in [0.2, 0.25) is 5.91 Å². The molecule has 0 fully saturated rings. The number of rotatable bonds is 4. The molecule has 0 aliphatic carbocycles. The normalized spacial score (nSPS) is 11.3. The van der Waals surface area contributed by atoms with E-state index in [0.717, 1.165) is 11.5 Å². The van der Waals surface area contributed by atoms with Crippen LogP contribution >= 0.6 is 24.0 Å². The number of carbonyl (C=O) groups excluding carboxylic acids is 1. The fourth-order valence-electron chi connectivity index (χ4n) is 1.87. The molecule has 0 radical (unpaired) electrons. The number of benzene rings is 1. The van der Waals surface area contributed by atoms with Crippen LogP contribution in [0.1, 0.15) is 33.3 Å². The molecule has 0 heterocycles. The monoisotopic (exact) mass is 434 g/mol. The number of amides is 1. The Hall–Kier alpha value is -1.51. The van der Waals surface area contributed by atoms with Crippen LogP contribution in [-0.2, 0) is 11.3 Å². The molecule has 0 aliphatic rings. The van der Waals surface area contributed by atoms with E-state index in [-0.39, 0.29) is 35.4 Å². The molecule has 3 N–H and O–H groups in total. The molecule has 23 heavy (non-hydrogen) atoms. The largest absolute Gasteiger partial charge is 0.495 e. The van der Waals surface area contributed by atoms with Crippen molar-refractivity contribution in [1.82, 2.24) is 10.6 Å². The van der Waals surface area contributed by atoms with Gasteiger partial charge in [-0.15, -0.1) is 24.0 Å². The van der Waals surface area contributed by atoms with Gasteiger partial charge in [-0.25, -0.2) is 0 Å². The van der Waals surface area contributed by atoms with E-state index in [1.807, 2.05) is 18.2 Å². The second-order valence-corrected chi connectivity index (χ2v) is 6.02. The van der Waals surface area contributed by atoms with Crippen molar-refractivity contribution < 1.29 is 9.53 Å². The lowest BCUT2D eigenvalue weighted by atomic mass is 10.1. The van der Waals surface area contributed by atoms with Gasteiger partial charge in [0.15, 0.2) is 5.96 Å². The van der Waals surface area contributed by atoms with Crippen molar-refractivity contribution in [2.75, 3.05) is 19.5 Å². The summed E-state index contributed by atoms with van der Waals surface area (Å²) in [6.07, 6.45) is 0. The maximum atomic E-state index is 11.3. The van der Waals surface area contributed by atoms with Crippen LogP contribution in [0.15, 0.2) is 23.2 Å². The van der Waals surface area contributed by atoms with Crippen molar-refractivity contribution >= 4 is 41.5 Å². The summed E-state index contributed by atoms with van der Waals surface area (Å²) >= 11 is 0. The van der Waals surface area contributed by atoms with Crippen LogP contribution in [0.2, 0.25) is 0 Å². The van der Waals surface area contributed by atoms with Gasteiger partial charge >= 0.3 is 0 Å². The van der Waals surface area contributed by atoms with E-state index in [1.54, 1.807) is 14.2 Å². The molecule has 1 aromatic carbocycles. The lowest BCUT2D eigenvalue weighted by Gasteiger charge is -2.23. The molecular formula is C16H27IN4O2. The molecule has 0 saturated carbocycles. The van der Waals surface area contributed by atoms with Crippen molar-refractivity contribution in [3.05, 3.63) is 23.8 Å². The van der Waals surface area contributed by atoms with Crippen molar-refractivity contribution in [3.8, 4) is 5.75 Å². The van der Waals surface area contributed by atoms with Gasteiger partial charge in [0.05, 0.1) is 12.8 Å². The predicted octanol–water partition coefficient (Wildman–Crippen LogP) is 2.74. The fraction of sp³-hybridized carbons (Fsp3) is 0.500. The Morgan fingerprint density at radius 2 is 1.96 bits per heavy atom. The maximum Gasteiger partial charge on any atom is 0.221 e. The molecule has 130 valence electrons. The highest BCUT2D eigenvalue weighted by Crippen LogP contribution is 2.25. The lowest BCUT2D eigenvalue weighted by molar-refractivity contribution is -0.114. The van der Waals surface area contributed by atoms with E-state index in [2.05, 4.69) is 41.7 Å². The van der Waals surface area contributed by atoms with Gasteiger partial charge in [-0.2, -0.15) is 0 Å². The number of nitrogens with one attached hydrogen (secondary N) is 3. The number of anilines is 1. The molecule has 0 spiro atoms. The number of aliphatic imine (C=N–C) groups is 1. The molecule has 0 atom stereocenters. The minimum atomic E-state index is -0.131. The number of methoxy groups -OCH3 is 1. The standard InChI is InChI=1S/C16H26N4O2.HI/c1-11(21)19-13-9-12(7-8-14(13)22-6)10-18-15(17-5)20-16(2,3)4;/h7-9H,10H2,1-6H3,(H,19,21)(H2,17,18,20);1H. The van der Waals surface area contributed by atoms with Gasteiger partial charge < -0.3 is 20.7 Å². The molecule has 1 aromatic rings. The van der Waals surface area contributed by atoms with Crippen LogP contribution < -0.4 is 20.7 Å². The Bertz CT molecular complexity index is 554. The fourth-order valence-corrected chi connectivity index (χ4v) is 1.87. The highest BCUT2D eigenvalue weighted by Gasteiger charge is 2.12. The second kappa shape index (κ2) is 9.59. The lowest BCUT2D eigenvalue weighted by Crippen LogP contribution is -2.47. The molecule has 0 bridgehead atoms. The summed E-state index contributed by atoms with van der Waals surface area (Å²) in [6, 6.07) is 5.67. The van der Waals surface area contributed by atoms with Crippen molar-refractivity contribution in [2.24, 2.45) is 4.99 Å². The third-order valence-electron chi connectivity index (χ3n) is 2.75. The van der Waals surface area contributed by atoms with Gasteiger partial charge in [0.25, 0.3) is 0 Å². The zero-order valence-corrected chi connectivity index (χ0v) is 16.9. The van der Waals surface area contributed by atoms with E-state index in [4.69, 9.17) is 4.74 Å². The molecule has 6 nitrogen and oxygen atoms in total. The Morgan fingerprint density at radius 3 is 2.43 bits per heavy atom. The average molecular weight is 434 g/mol. The van der Waals surface area contributed by atoms with Crippen LogP contribution in [0.3, 0.4) is 0 Å². The van der Waals surface area contributed by atoms with Gasteiger partial charge in [-0.05, 0) is 38.5 Å². The molecule has 7 heteroatoms. The average Bonchev–Trinajstić information content (AvgIpc) is 2.41. The summed E-state index contributed by atoms with van der Waals surface area (Å²) in [5.74, 6) is 1.23. The van der Waals surface area contributed by atoms with E-state index >= 15 is 0 Å². The molecule has 1 rings (SSSR count). The second-order valence-electron chi connectivity index (χ2n) is 6.02. The Balaban J connectivity index is 0.00000484. The maximum absolute atomic E-state index is 11.3. The first-order valence-corrected chi connectivity index (χ1v) is 7.18. The summed E-state index contributed by atoms with van der Waals surface area (Å²) in [7, 11) is 3.31. The van der Waals surface area contributed by atoms with Crippen LogP contribution in [0, 0.1) is 0 Å². The number of guanidine groups is 1. The minimum absolute atomic E-state index is 0. The first kappa shape index (κ1) is 21.5. The quantitative estimate of drug-likeness (QED) is 0.387. The smallest absolute Gasteiger partial charge is 0.221 e. The van der Waals surface area contributed by atoms with E-state index in [1.165, 1.54) is 6.92 Å². The summed E-state index contributed by atoms with van der Waals surface area (Å²) in [5.41, 5.74) is 1.61. The first-order chi connectivity index (χ1) is 10.2. The first-order valence-electron chi connectivity index (χ1n) is 7.18. The topological polar surface area (TPSA) is 74.8 Å². The van der Waals surface area contributed by atoms with Crippen molar-refractivity contribution in [1.29, 1.82) is 0 Å². The number of halogens is 1. The van der Waals surface area contributed by atoms with Gasteiger partial charge in [-0.1, -0.05) is 6.07 Å². The van der Waals surface area contributed by atoms with Gasteiger partial charge in [0, 0.05) is 26.1 Å². The zero-order chi connectivity index (χ0) is 16.8. The van der Waals surface area contributed by atoms with E-state index < -0.39 is 0 Å². The molecule has 0 aliphatic heterocycles. The number of hydrogen-bond acceptors (Lipinski definition) is 3. The van der Waals surface area contributed by atoms with Crippen molar-refractivity contribution in [2.45, 2.75) is 39.8 Å². The third-order valence-corrected chi connectivity index (χ3v) is 2.75. The van der Waals surface area contributed by atoms with E-state index in [0.29, 0.717) is 18.0 Å². The number of nitrogens with zero attached hydrogens (tertiary/aromatic N) is 1. The van der Waals surface area contributed by atoms with Gasteiger partial charge in [0.1, 0.15) is 5.75 Å². The summed E-state index contributed by atoms with van der Waals surface area (Å²) in [5, 5.41) is 9.30. The number of hydrogen-bond donors (Lipinski definition) is 3. The number of ether oxygens (including phenoxy) is 1. The van der Waals surface area contributed by atoms with Crippen LogP contribution in [0.5, 0.6) is 5.75 Å². The molecular weight excluding hydrogens is 407 g/mol. The van der Waals surface area contributed by atoms with Crippen LogP contribution in [0.25, 0.3) is 0 Å². The molecule has 0 unspecified atom stereocenters. The summed E-state index contributed by atoms with van der Waals surface area (Å²) < 4.78 is 5.24. The van der Waals surface area contributed by atoms with Crippen LogP contribution in [-0.4, -0.2) is 31.6 Å². The highest BCUT2D eigenvalue weighted by molar-refractivity contribution is 14.0. The van der Waals surface area contributed by atoms with Crippen molar-refractivity contribution in [3.63, 3.8) is 0 Å². The number of carbonyl (C=O) groups is 1. The van der Waals surface area contributed by atoms with E-state index in [9.17, 15) is 4.79 Å². The predicted molar refractivity (Wildman–Crippen MR) is 106 cm³/mol. The molecule has 1 amide bonds. The minimum Gasteiger partial charge on any atom is -0.495 e. The van der Waals surface area contributed by atoms with Gasteiger partial charge in [-0.3, -0.25) is 9.79 Å². The third kappa shape index (κ3) is 8.06. The summed E-state index contributed by atoms with van der Waals surface area (Å²) in [6.45, 7) is 8.28. The Labute approximate surface area is 155 Å². The molecule has 0 saturated heterocycles. The summed E-state index contributed by atoms with van der Waals surface area (Å²) in [4.78, 5) is 15.4. The Morgan fingerprint density at radius 1 is 1.30 bits per heavy atom. The molecule has 0 aromatic heterocycles. The van der Waals surface area contributed by atoms with Crippen LogP contribution in [0.4, 0.5) is 5.69 Å².